The fraction of sp³-hybridized carbons (Fsp3) is 1.00. The van der Waals surface area contributed by atoms with Gasteiger partial charge in [-0.25, -0.2) is 0 Å². The maximum absolute atomic E-state index is 3.69. The lowest BCUT2D eigenvalue weighted by Gasteiger charge is -2.37. The van der Waals surface area contributed by atoms with E-state index in [0.29, 0.717) is 0 Å². The molecule has 14 heavy (non-hydrogen) atoms. The third kappa shape index (κ3) is 2.48. The van der Waals surface area contributed by atoms with Gasteiger partial charge >= 0.3 is 0 Å². The summed E-state index contributed by atoms with van der Waals surface area (Å²) in [5.41, 5.74) is 0. The summed E-state index contributed by atoms with van der Waals surface area (Å²) < 4.78 is 0. The number of hydrogen-bond acceptors (Lipinski definition) is 2. The SMILES string of the molecule is CC1CC(NCC2NCCCC2C)C1. The summed E-state index contributed by atoms with van der Waals surface area (Å²) in [6, 6.07) is 1.54. The van der Waals surface area contributed by atoms with Crippen LogP contribution in [0.15, 0.2) is 0 Å². The molecule has 1 saturated heterocycles. The van der Waals surface area contributed by atoms with Crippen LogP contribution in [-0.2, 0) is 0 Å². The highest BCUT2D eigenvalue weighted by Gasteiger charge is 2.27. The molecule has 2 aliphatic rings. The molecule has 2 unspecified atom stereocenters. The Bertz CT molecular complexity index is 175. The van der Waals surface area contributed by atoms with E-state index in [1.165, 1.54) is 38.8 Å². The Hall–Kier alpha value is -0.0800. The van der Waals surface area contributed by atoms with E-state index in [1.807, 2.05) is 0 Å². The molecule has 0 bridgehead atoms. The van der Waals surface area contributed by atoms with E-state index in [-0.39, 0.29) is 0 Å². The number of nitrogens with one attached hydrogen (secondary N) is 2. The average Bonchev–Trinajstić information content (AvgIpc) is 2.13. The van der Waals surface area contributed by atoms with E-state index in [9.17, 15) is 0 Å². The second kappa shape index (κ2) is 4.63. The van der Waals surface area contributed by atoms with Crippen molar-refractivity contribution in [2.24, 2.45) is 11.8 Å². The first-order valence-electron chi connectivity index (χ1n) is 6.22. The van der Waals surface area contributed by atoms with Crippen molar-refractivity contribution < 1.29 is 0 Å². The van der Waals surface area contributed by atoms with Gasteiger partial charge in [-0.05, 0) is 44.1 Å². The van der Waals surface area contributed by atoms with Crippen molar-refractivity contribution in [2.45, 2.75) is 51.6 Å². The van der Waals surface area contributed by atoms with E-state index < -0.39 is 0 Å². The molecule has 0 aromatic rings. The van der Waals surface area contributed by atoms with Gasteiger partial charge in [0.2, 0.25) is 0 Å². The molecule has 0 aromatic heterocycles. The molecule has 2 nitrogen and oxygen atoms in total. The fourth-order valence-electron chi connectivity index (χ4n) is 2.75. The Morgan fingerprint density at radius 2 is 2.07 bits per heavy atom. The normalized spacial score (nSPS) is 43.3. The van der Waals surface area contributed by atoms with Crippen LogP contribution in [0, 0.1) is 11.8 Å². The molecular formula is C12H24N2. The molecule has 2 atom stereocenters. The lowest BCUT2D eigenvalue weighted by Crippen LogP contribution is -2.51. The van der Waals surface area contributed by atoms with E-state index in [2.05, 4.69) is 24.5 Å². The van der Waals surface area contributed by atoms with Crippen molar-refractivity contribution in [3.8, 4) is 0 Å². The van der Waals surface area contributed by atoms with Gasteiger partial charge in [0.15, 0.2) is 0 Å². The molecule has 2 N–H and O–H groups in total. The van der Waals surface area contributed by atoms with Crippen LogP contribution in [0.5, 0.6) is 0 Å². The van der Waals surface area contributed by atoms with Gasteiger partial charge in [0.25, 0.3) is 0 Å². The zero-order chi connectivity index (χ0) is 9.97. The van der Waals surface area contributed by atoms with Crippen LogP contribution in [0.1, 0.15) is 39.5 Å². The predicted molar refractivity (Wildman–Crippen MR) is 60.4 cm³/mol. The highest BCUT2D eigenvalue weighted by molar-refractivity contribution is 4.86. The van der Waals surface area contributed by atoms with Crippen molar-refractivity contribution in [3.63, 3.8) is 0 Å². The quantitative estimate of drug-likeness (QED) is 0.719. The Morgan fingerprint density at radius 3 is 2.71 bits per heavy atom. The minimum Gasteiger partial charge on any atom is -0.312 e. The molecule has 2 heteroatoms. The second-order valence-corrected chi connectivity index (χ2v) is 5.36. The van der Waals surface area contributed by atoms with Crippen molar-refractivity contribution in [1.29, 1.82) is 0 Å². The summed E-state index contributed by atoms with van der Waals surface area (Å²) in [5, 5.41) is 7.31. The van der Waals surface area contributed by atoms with Gasteiger partial charge < -0.3 is 10.6 Å². The molecule has 0 spiro atoms. The first kappa shape index (κ1) is 10.4. The number of rotatable bonds is 3. The molecule has 1 saturated carbocycles. The highest BCUT2D eigenvalue weighted by atomic mass is 15.0. The first-order valence-corrected chi connectivity index (χ1v) is 6.22. The van der Waals surface area contributed by atoms with Crippen LogP contribution < -0.4 is 10.6 Å². The maximum Gasteiger partial charge on any atom is 0.0218 e. The van der Waals surface area contributed by atoms with Gasteiger partial charge in [0.1, 0.15) is 0 Å². The molecular weight excluding hydrogens is 172 g/mol. The summed E-state index contributed by atoms with van der Waals surface area (Å²) in [4.78, 5) is 0. The Balaban J connectivity index is 1.64. The molecule has 1 heterocycles. The number of hydrogen-bond donors (Lipinski definition) is 2. The first-order chi connectivity index (χ1) is 6.75. The Kier molecular flexibility index (Phi) is 3.45. The average molecular weight is 196 g/mol. The zero-order valence-electron chi connectivity index (χ0n) is 9.55. The molecule has 2 rings (SSSR count). The van der Waals surface area contributed by atoms with E-state index in [1.54, 1.807) is 0 Å². The summed E-state index contributed by atoms with van der Waals surface area (Å²) in [6.07, 6.45) is 5.54. The summed E-state index contributed by atoms with van der Waals surface area (Å²) in [6.45, 7) is 7.12. The standard InChI is InChI=1S/C12H24N2/c1-9-6-11(7-9)14-8-12-10(2)4-3-5-13-12/h9-14H,3-8H2,1-2H3. The minimum atomic E-state index is 0.722. The summed E-state index contributed by atoms with van der Waals surface area (Å²) in [7, 11) is 0. The van der Waals surface area contributed by atoms with Gasteiger partial charge in [0, 0.05) is 18.6 Å². The van der Waals surface area contributed by atoms with Crippen molar-refractivity contribution in [2.75, 3.05) is 13.1 Å². The zero-order valence-corrected chi connectivity index (χ0v) is 9.55. The van der Waals surface area contributed by atoms with Gasteiger partial charge in [-0.2, -0.15) is 0 Å². The third-order valence-electron chi connectivity index (χ3n) is 3.93. The van der Waals surface area contributed by atoms with Crippen LogP contribution in [0.4, 0.5) is 0 Å². The van der Waals surface area contributed by atoms with Crippen LogP contribution in [0.2, 0.25) is 0 Å². The Labute approximate surface area is 87.8 Å². The van der Waals surface area contributed by atoms with Crippen LogP contribution in [0.3, 0.4) is 0 Å². The fourth-order valence-corrected chi connectivity index (χ4v) is 2.75. The Morgan fingerprint density at radius 1 is 1.29 bits per heavy atom. The molecule has 1 aliphatic carbocycles. The lowest BCUT2D eigenvalue weighted by atomic mass is 9.81. The minimum absolute atomic E-state index is 0.722. The van der Waals surface area contributed by atoms with Gasteiger partial charge in [-0.3, -0.25) is 0 Å². The molecule has 0 amide bonds. The largest absolute Gasteiger partial charge is 0.312 e. The summed E-state index contributed by atoms with van der Waals surface area (Å²) >= 11 is 0. The molecule has 82 valence electrons. The van der Waals surface area contributed by atoms with Gasteiger partial charge in [0.05, 0.1) is 0 Å². The molecule has 2 fully saturated rings. The molecule has 0 aromatic carbocycles. The smallest absolute Gasteiger partial charge is 0.0218 e. The van der Waals surface area contributed by atoms with E-state index in [0.717, 1.165) is 23.9 Å². The third-order valence-corrected chi connectivity index (χ3v) is 3.93. The molecule has 0 radical (unpaired) electrons. The van der Waals surface area contributed by atoms with Crippen LogP contribution >= 0.6 is 0 Å². The van der Waals surface area contributed by atoms with Gasteiger partial charge in [-0.1, -0.05) is 13.8 Å². The highest BCUT2D eigenvalue weighted by Crippen LogP contribution is 2.26. The van der Waals surface area contributed by atoms with Gasteiger partial charge in [-0.15, -0.1) is 0 Å². The van der Waals surface area contributed by atoms with Crippen molar-refractivity contribution in [1.82, 2.24) is 10.6 Å². The van der Waals surface area contributed by atoms with Crippen LogP contribution in [0.25, 0.3) is 0 Å². The second-order valence-electron chi connectivity index (χ2n) is 5.36. The monoisotopic (exact) mass is 196 g/mol. The molecule has 1 aliphatic heterocycles. The van der Waals surface area contributed by atoms with Crippen molar-refractivity contribution >= 4 is 0 Å². The number of piperidine rings is 1. The lowest BCUT2D eigenvalue weighted by molar-refractivity contribution is 0.214. The predicted octanol–water partition coefficient (Wildman–Crippen LogP) is 1.76. The van der Waals surface area contributed by atoms with Crippen LogP contribution in [-0.4, -0.2) is 25.2 Å². The van der Waals surface area contributed by atoms with Crippen molar-refractivity contribution in [3.05, 3.63) is 0 Å². The van der Waals surface area contributed by atoms with E-state index in [4.69, 9.17) is 0 Å². The van der Waals surface area contributed by atoms with E-state index >= 15 is 0 Å². The topological polar surface area (TPSA) is 24.1 Å². The summed E-state index contributed by atoms with van der Waals surface area (Å²) in [5.74, 6) is 1.82. The maximum atomic E-state index is 3.69.